The van der Waals surface area contributed by atoms with E-state index >= 15 is 0 Å². The molecule has 0 radical (unpaired) electrons. The minimum absolute atomic E-state index is 0.550. The van der Waals surface area contributed by atoms with Gasteiger partial charge in [0.15, 0.2) is 0 Å². The van der Waals surface area contributed by atoms with E-state index in [9.17, 15) is 0 Å². The lowest BCUT2D eigenvalue weighted by Crippen LogP contribution is -2.45. The number of ether oxygens (including phenoxy) is 1. The van der Waals surface area contributed by atoms with Crippen LogP contribution in [-0.4, -0.2) is 45.2 Å². The normalized spacial score (nSPS) is 24.9. The molecule has 3 nitrogen and oxygen atoms in total. The molecule has 1 aromatic carbocycles. The third-order valence-corrected chi connectivity index (χ3v) is 3.63. The highest BCUT2D eigenvalue weighted by molar-refractivity contribution is 5.32. The summed E-state index contributed by atoms with van der Waals surface area (Å²) in [4.78, 5) is 2.34. The average Bonchev–Trinajstić information content (AvgIpc) is 2.39. The third-order valence-electron chi connectivity index (χ3n) is 3.63. The second-order valence-electron chi connectivity index (χ2n) is 4.91. The highest BCUT2D eigenvalue weighted by Crippen LogP contribution is 2.28. The van der Waals surface area contributed by atoms with E-state index in [1.54, 1.807) is 7.11 Å². The summed E-state index contributed by atoms with van der Waals surface area (Å²) in [6, 6.07) is 9.06. The summed E-state index contributed by atoms with van der Waals surface area (Å²) in [6.07, 6.45) is 1.20. The number of hydrogen-bond donors (Lipinski definition) is 1. The molecule has 1 N–H and O–H groups in total. The number of piperidine rings is 1. The first kappa shape index (κ1) is 12.4. The Morgan fingerprint density at radius 2 is 2.18 bits per heavy atom. The van der Waals surface area contributed by atoms with Gasteiger partial charge in [0.2, 0.25) is 0 Å². The minimum Gasteiger partial charge on any atom is -0.497 e. The van der Waals surface area contributed by atoms with Gasteiger partial charge in [-0.15, -0.1) is 0 Å². The maximum absolute atomic E-state index is 5.31. The molecule has 0 spiro atoms. The molecule has 2 rings (SSSR count). The minimum atomic E-state index is 0.550. The zero-order valence-corrected chi connectivity index (χ0v) is 10.9. The summed E-state index contributed by atoms with van der Waals surface area (Å²) in [5.41, 5.74) is 1.37. The van der Waals surface area contributed by atoms with Crippen LogP contribution in [0.1, 0.15) is 17.9 Å². The molecule has 0 bridgehead atoms. The second kappa shape index (κ2) is 5.52. The summed E-state index contributed by atoms with van der Waals surface area (Å²) >= 11 is 0. The predicted molar refractivity (Wildman–Crippen MR) is 70.7 cm³/mol. The van der Waals surface area contributed by atoms with E-state index in [2.05, 4.69) is 42.5 Å². The highest BCUT2D eigenvalue weighted by atomic mass is 16.5. The first-order valence-corrected chi connectivity index (χ1v) is 6.23. The molecule has 0 aliphatic carbocycles. The molecule has 2 unspecified atom stereocenters. The molecule has 1 saturated heterocycles. The van der Waals surface area contributed by atoms with Gasteiger partial charge in [0.05, 0.1) is 7.11 Å². The SMILES string of the molecule is COc1cccc(C2CNCCC2N(C)C)c1. The molecule has 1 fully saturated rings. The van der Waals surface area contributed by atoms with Crippen LogP contribution in [0.3, 0.4) is 0 Å². The maximum Gasteiger partial charge on any atom is 0.119 e. The number of nitrogens with zero attached hydrogens (tertiary/aromatic N) is 1. The standard InChI is InChI=1S/C14H22N2O/c1-16(2)14-7-8-15-10-13(14)11-5-4-6-12(9-11)17-3/h4-6,9,13-15H,7-8,10H2,1-3H3. The van der Waals surface area contributed by atoms with Gasteiger partial charge in [0.1, 0.15) is 5.75 Å². The summed E-state index contributed by atoms with van der Waals surface area (Å²) in [7, 11) is 6.06. The van der Waals surface area contributed by atoms with Gasteiger partial charge in [0.25, 0.3) is 0 Å². The average molecular weight is 234 g/mol. The molecule has 17 heavy (non-hydrogen) atoms. The quantitative estimate of drug-likeness (QED) is 0.861. The van der Waals surface area contributed by atoms with Gasteiger partial charge in [-0.1, -0.05) is 12.1 Å². The maximum atomic E-state index is 5.31. The van der Waals surface area contributed by atoms with Crippen molar-refractivity contribution in [1.82, 2.24) is 10.2 Å². The van der Waals surface area contributed by atoms with Crippen molar-refractivity contribution in [2.24, 2.45) is 0 Å². The molecular formula is C14H22N2O. The topological polar surface area (TPSA) is 24.5 Å². The van der Waals surface area contributed by atoms with Crippen molar-refractivity contribution in [3.8, 4) is 5.75 Å². The Bertz CT molecular complexity index is 365. The monoisotopic (exact) mass is 234 g/mol. The van der Waals surface area contributed by atoms with Crippen LogP contribution in [0.4, 0.5) is 0 Å². The van der Waals surface area contributed by atoms with Gasteiger partial charge in [0, 0.05) is 18.5 Å². The van der Waals surface area contributed by atoms with Crippen molar-refractivity contribution in [1.29, 1.82) is 0 Å². The van der Waals surface area contributed by atoms with Crippen molar-refractivity contribution in [2.75, 3.05) is 34.3 Å². The Morgan fingerprint density at radius 3 is 2.88 bits per heavy atom. The van der Waals surface area contributed by atoms with Crippen LogP contribution >= 0.6 is 0 Å². The molecule has 1 aliphatic rings. The van der Waals surface area contributed by atoms with Crippen LogP contribution in [0.5, 0.6) is 5.75 Å². The van der Waals surface area contributed by atoms with Crippen molar-refractivity contribution < 1.29 is 4.74 Å². The van der Waals surface area contributed by atoms with Crippen LogP contribution in [0.2, 0.25) is 0 Å². The number of likely N-dealkylation sites (N-methyl/N-ethyl adjacent to an activating group) is 1. The van der Waals surface area contributed by atoms with E-state index in [1.807, 2.05) is 6.07 Å². The van der Waals surface area contributed by atoms with Gasteiger partial charge in [-0.25, -0.2) is 0 Å². The van der Waals surface area contributed by atoms with E-state index in [1.165, 1.54) is 12.0 Å². The van der Waals surface area contributed by atoms with E-state index in [0.29, 0.717) is 12.0 Å². The second-order valence-corrected chi connectivity index (χ2v) is 4.91. The number of methoxy groups -OCH3 is 1. The number of benzene rings is 1. The molecule has 94 valence electrons. The zero-order chi connectivity index (χ0) is 12.3. The Balaban J connectivity index is 2.22. The lowest BCUT2D eigenvalue weighted by molar-refractivity contribution is 0.209. The zero-order valence-electron chi connectivity index (χ0n) is 10.9. The first-order chi connectivity index (χ1) is 8.22. The van der Waals surface area contributed by atoms with Gasteiger partial charge >= 0.3 is 0 Å². The van der Waals surface area contributed by atoms with Crippen molar-refractivity contribution in [2.45, 2.75) is 18.4 Å². The van der Waals surface area contributed by atoms with Crippen LogP contribution in [0, 0.1) is 0 Å². The largest absolute Gasteiger partial charge is 0.497 e. The Labute approximate surface area is 104 Å². The van der Waals surface area contributed by atoms with E-state index < -0.39 is 0 Å². The van der Waals surface area contributed by atoms with E-state index in [4.69, 9.17) is 4.74 Å². The predicted octanol–water partition coefficient (Wildman–Crippen LogP) is 1.70. The van der Waals surface area contributed by atoms with Crippen molar-refractivity contribution in [3.63, 3.8) is 0 Å². The Kier molecular flexibility index (Phi) is 4.02. The van der Waals surface area contributed by atoms with E-state index in [0.717, 1.165) is 18.8 Å². The lowest BCUT2D eigenvalue weighted by atomic mass is 9.86. The lowest BCUT2D eigenvalue weighted by Gasteiger charge is -2.37. The van der Waals surface area contributed by atoms with Crippen LogP contribution < -0.4 is 10.1 Å². The van der Waals surface area contributed by atoms with Gasteiger partial charge in [-0.05, 0) is 44.8 Å². The number of nitrogens with one attached hydrogen (secondary N) is 1. The van der Waals surface area contributed by atoms with Gasteiger partial charge < -0.3 is 15.0 Å². The van der Waals surface area contributed by atoms with E-state index in [-0.39, 0.29) is 0 Å². The number of rotatable bonds is 3. The Hall–Kier alpha value is -1.06. The summed E-state index contributed by atoms with van der Waals surface area (Å²) < 4.78 is 5.31. The molecule has 2 atom stereocenters. The first-order valence-electron chi connectivity index (χ1n) is 6.23. The fraction of sp³-hybridized carbons (Fsp3) is 0.571. The van der Waals surface area contributed by atoms with Gasteiger partial charge in [-0.2, -0.15) is 0 Å². The van der Waals surface area contributed by atoms with Crippen molar-refractivity contribution in [3.05, 3.63) is 29.8 Å². The highest BCUT2D eigenvalue weighted by Gasteiger charge is 2.27. The van der Waals surface area contributed by atoms with Gasteiger partial charge in [-0.3, -0.25) is 0 Å². The molecule has 0 aromatic heterocycles. The molecule has 3 heteroatoms. The third kappa shape index (κ3) is 2.79. The molecule has 0 saturated carbocycles. The summed E-state index contributed by atoms with van der Waals surface area (Å²) in [6.45, 7) is 2.17. The van der Waals surface area contributed by atoms with Crippen LogP contribution in [-0.2, 0) is 0 Å². The fourth-order valence-electron chi connectivity index (χ4n) is 2.67. The number of hydrogen-bond acceptors (Lipinski definition) is 3. The smallest absolute Gasteiger partial charge is 0.119 e. The molecule has 1 aliphatic heterocycles. The fourth-order valence-corrected chi connectivity index (χ4v) is 2.67. The molecule has 0 amide bonds. The Morgan fingerprint density at radius 1 is 1.35 bits per heavy atom. The molecule has 1 heterocycles. The summed E-state index contributed by atoms with van der Waals surface area (Å²) in [5, 5.41) is 3.49. The van der Waals surface area contributed by atoms with Crippen LogP contribution in [0.25, 0.3) is 0 Å². The van der Waals surface area contributed by atoms with Crippen LogP contribution in [0.15, 0.2) is 24.3 Å². The molecular weight excluding hydrogens is 212 g/mol. The molecule has 1 aromatic rings. The summed E-state index contributed by atoms with van der Waals surface area (Å²) in [5.74, 6) is 1.50. The van der Waals surface area contributed by atoms with Crippen molar-refractivity contribution >= 4 is 0 Å².